The number of pyridine rings is 1. The highest BCUT2D eigenvalue weighted by atomic mass is 35.5. The van der Waals surface area contributed by atoms with Gasteiger partial charge in [-0.1, -0.05) is 41.4 Å². The van der Waals surface area contributed by atoms with E-state index in [9.17, 15) is 0 Å². The predicted octanol–water partition coefficient (Wildman–Crippen LogP) is 4.98. The van der Waals surface area contributed by atoms with Gasteiger partial charge in [0.2, 0.25) is 0 Å². The van der Waals surface area contributed by atoms with Crippen LogP contribution in [0.3, 0.4) is 0 Å². The monoisotopic (exact) mass is 255 g/mol. The van der Waals surface area contributed by atoms with E-state index in [0.29, 0.717) is 10.3 Å². The first-order valence-electron chi connectivity index (χ1n) is 5.17. The van der Waals surface area contributed by atoms with Gasteiger partial charge in [0.25, 0.3) is 0 Å². The zero-order valence-electron chi connectivity index (χ0n) is 9.56. The molecule has 0 N–H and O–H groups in total. The van der Waals surface area contributed by atoms with Gasteiger partial charge in [0.05, 0.1) is 0 Å². The molecule has 1 rings (SSSR count). The van der Waals surface area contributed by atoms with Crippen LogP contribution in [0.15, 0.2) is 18.7 Å². The third-order valence-electron chi connectivity index (χ3n) is 2.45. The average Bonchev–Trinajstić information content (AvgIpc) is 2.25. The summed E-state index contributed by atoms with van der Waals surface area (Å²) < 4.78 is 0. The van der Waals surface area contributed by atoms with Crippen LogP contribution >= 0.6 is 23.2 Å². The Balaban J connectivity index is 3.02. The van der Waals surface area contributed by atoms with Gasteiger partial charge >= 0.3 is 0 Å². The van der Waals surface area contributed by atoms with Crippen molar-refractivity contribution in [1.82, 2.24) is 4.98 Å². The lowest BCUT2D eigenvalue weighted by Crippen LogP contribution is -1.93. The number of unbranched alkanes of at least 4 members (excludes halogenated alkanes) is 1. The molecule has 0 fully saturated rings. The molecule has 0 aromatic carbocycles. The molecule has 0 unspecified atom stereocenters. The van der Waals surface area contributed by atoms with Crippen molar-refractivity contribution in [1.29, 1.82) is 0 Å². The maximum absolute atomic E-state index is 5.99. The normalized spacial score (nSPS) is 11.0. The van der Waals surface area contributed by atoms with E-state index < -0.39 is 0 Å². The Morgan fingerprint density at radius 1 is 1.12 bits per heavy atom. The van der Waals surface area contributed by atoms with Crippen molar-refractivity contribution in [2.75, 3.05) is 0 Å². The lowest BCUT2D eigenvalue weighted by Gasteiger charge is -2.08. The van der Waals surface area contributed by atoms with E-state index in [2.05, 4.69) is 17.6 Å². The number of aromatic nitrogens is 1. The van der Waals surface area contributed by atoms with E-state index in [1.54, 1.807) is 0 Å². The third kappa shape index (κ3) is 3.10. The van der Waals surface area contributed by atoms with Crippen molar-refractivity contribution in [3.05, 3.63) is 45.7 Å². The molecule has 0 radical (unpaired) electrons. The molecular formula is C13H15Cl2N. The first kappa shape index (κ1) is 13.3. The number of halogens is 2. The van der Waals surface area contributed by atoms with Crippen molar-refractivity contribution >= 4 is 29.3 Å². The molecular weight excluding hydrogens is 241 g/mol. The van der Waals surface area contributed by atoms with E-state index in [1.807, 2.05) is 26.0 Å². The average molecular weight is 256 g/mol. The molecule has 1 aromatic rings. The molecule has 1 heterocycles. The van der Waals surface area contributed by atoms with Crippen molar-refractivity contribution in [2.45, 2.75) is 26.7 Å². The van der Waals surface area contributed by atoms with Crippen LogP contribution in [0, 0.1) is 13.8 Å². The number of hydrogen-bond acceptors (Lipinski definition) is 1. The molecule has 0 spiro atoms. The summed E-state index contributed by atoms with van der Waals surface area (Å²) in [6.45, 7) is 7.58. The van der Waals surface area contributed by atoms with Crippen molar-refractivity contribution in [2.24, 2.45) is 0 Å². The molecule has 16 heavy (non-hydrogen) atoms. The Bertz CT molecular complexity index is 396. The Morgan fingerprint density at radius 3 is 2.19 bits per heavy atom. The lowest BCUT2D eigenvalue weighted by atomic mass is 10.1. The van der Waals surface area contributed by atoms with Crippen molar-refractivity contribution < 1.29 is 0 Å². The zero-order valence-corrected chi connectivity index (χ0v) is 11.1. The number of allylic oxidation sites excluding steroid dienone is 2. The summed E-state index contributed by atoms with van der Waals surface area (Å²) in [5.74, 6) is 0. The van der Waals surface area contributed by atoms with Crippen LogP contribution in [0.1, 0.15) is 29.5 Å². The van der Waals surface area contributed by atoms with E-state index in [1.165, 1.54) is 0 Å². The fourth-order valence-electron chi connectivity index (χ4n) is 1.42. The molecule has 0 aliphatic carbocycles. The maximum Gasteiger partial charge on any atom is 0.134 e. The highest BCUT2D eigenvalue weighted by Gasteiger charge is 2.09. The topological polar surface area (TPSA) is 12.9 Å². The Morgan fingerprint density at radius 2 is 1.69 bits per heavy atom. The summed E-state index contributed by atoms with van der Waals surface area (Å²) >= 11 is 12.0. The molecule has 1 aromatic heterocycles. The van der Waals surface area contributed by atoms with Crippen LogP contribution in [0.25, 0.3) is 6.08 Å². The van der Waals surface area contributed by atoms with Gasteiger partial charge in [0.1, 0.15) is 10.3 Å². The van der Waals surface area contributed by atoms with Gasteiger partial charge in [0, 0.05) is 0 Å². The first-order chi connectivity index (χ1) is 7.57. The Hall–Kier alpha value is -0.790. The molecule has 86 valence electrons. The molecule has 3 heteroatoms. The van der Waals surface area contributed by atoms with Gasteiger partial charge in [0.15, 0.2) is 0 Å². The van der Waals surface area contributed by atoms with Gasteiger partial charge in [-0.3, -0.25) is 0 Å². The second-order valence-corrected chi connectivity index (χ2v) is 4.34. The van der Waals surface area contributed by atoms with Gasteiger partial charge < -0.3 is 0 Å². The van der Waals surface area contributed by atoms with Crippen LogP contribution in [-0.4, -0.2) is 4.98 Å². The molecule has 0 aliphatic rings. The number of hydrogen-bond donors (Lipinski definition) is 0. The van der Waals surface area contributed by atoms with Crippen molar-refractivity contribution in [3.63, 3.8) is 0 Å². The minimum atomic E-state index is 0.471. The van der Waals surface area contributed by atoms with Crippen molar-refractivity contribution in [3.8, 4) is 0 Å². The van der Waals surface area contributed by atoms with Gasteiger partial charge in [-0.15, -0.1) is 6.58 Å². The summed E-state index contributed by atoms with van der Waals surface area (Å²) in [6, 6.07) is 0. The smallest absolute Gasteiger partial charge is 0.134 e. The summed E-state index contributed by atoms with van der Waals surface area (Å²) in [5, 5.41) is 0.943. The largest absolute Gasteiger partial charge is 0.224 e. The van der Waals surface area contributed by atoms with Crippen LogP contribution < -0.4 is 0 Å². The molecule has 0 aliphatic heterocycles. The fourth-order valence-corrected chi connectivity index (χ4v) is 1.84. The molecule has 0 atom stereocenters. The zero-order chi connectivity index (χ0) is 12.1. The van der Waals surface area contributed by atoms with E-state index >= 15 is 0 Å². The van der Waals surface area contributed by atoms with E-state index in [0.717, 1.165) is 29.5 Å². The van der Waals surface area contributed by atoms with Gasteiger partial charge in [-0.05, 0) is 43.4 Å². The second kappa shape index (κ2) is 6.07. The molecule has 0 bridgehead atoms. The van der Waals surface area contributed by atoms with Gasteiger partial charge in [-0.25, -0.2) is 4.98 Å². The molecule has 0 amide bonds. The molecule has 0 saturated carbocycles. The van der Waals surface area contributed by atoms with Crippen LogP contribution in [-0.2, 0) is 0 Å². The Kier molecular flexibility index (Phi) is 5.04. The highest BCUT2D eigenvalue weighted by molar-refractivity contribution is 6.33. The van der Waals surface area contributed by atoms with E-state index in [-0.39, 0.29) is 0 Å². The first-order valence-corrected chi connectivity index (χ1v) is 5.93. The van der Waals surface area contributed by atoms with Gasteiger partial charge in [-0.2, -0.15) is 0 Å². The predicted molar refractivity (Wildman–Crippen MR) is 72.2 cm³/mol. The number of nitrogens with zero attached hydrogens (tertiary/aromatic N) is 1. The summed E-state index contributed by atoms with van der Waals surface area (Å²) in [4.78, 5) is 4.06. The van der Waals surface area contributed by atoms with Crippen LogP contribution in [0.4, 0.5) is 0 Å². The summed E-state index contributed by atoms with van der Waals surface area (Å²) in [6.07, 6.45) is 7.99. The SMILES string of the molecule is C=CCC/C=C/c1c(C)c(Cl)nc(Cl)c1C. The third-order valence-corrected chi connectivity index (χ3v) is 3.18. The van der Waals surface area contributed by atoms with Crippen LogP contribution in [0.5, 0.6) is 0 Å². The summed E-state index contributed by atoms with van der Waals surface area (Å²) in [7, 11) is 0. The molecule has 1 nitrogen and oxygen atoms in total. The molecule has 0 saturated heterocycles. The van der Waals surface area contributed by atoms with E-state index in [4.69, 9.17) is 23.2 Å². The second-order valence-electron chi connectivity index (χ2n) is 3.63. The lowest BCUT2D eigenvalue weighted by molar-refractivity contribution is 1.06. The maximum atomic E-state index is 5.99. The van der Waals surface area contributed by atoms with Crippen LogP contribution in [0.2, 0.25) is 10.3 Å². The number of rotatable bonds is 4. The fraction of sp³-hybridized carbons (Fsp3) is 0.308. The minimum Gasteiger partial charge on any atom is -0.224 e. The highest BCUT2D eigenvalue weighted by Crippen LogP contribution is 2.27. The quantitative estimate of drug-likeness (QED) is 0.420. The Labute approximate surface area is 107 Å². The summed E-state index contributed by atoms with van der Waals surface area (Å²) in [5.41, 5.74) is 3.01. The standard InChI is InChI=1S/C13H15Cl2N/c1-4-5-6-7-8-11-9(2)12(14)16-13(15)10(11)3/h4,7-8H,1,5-6H2,2-3H3/b8-7+. The minimum absolute atomic E-state index is 0.471.